The predicted octanol–water partition coefficient (Wildman–Crippen LogP) is 2.32. The zero-order chi connectivity index (χ0) is 10.6. The maximum atomic E-state index is 13.3. The summed E-state index contributed by atoms with van der Waals surface area (Å²) in [5, 5.41) is 10.3. The van der Waals surface area contributed by atoms with Gasteiger partial charge in [0.05, 0.1) is 16.4 Å². The summed E-state index contributed by atoms with van der Waals surface area (Å²) in [6.45, 7) is 0. The van der Waals surface area contributed by atoms with E-state index in [2.05, 4.69) is 11.8 Å². The molecule has 0 aliphatic carbocycles. The predicted molar refractivity (Wildman–Crippen MR) is 50.7 cm³/mol. The van der Waals surface area contributed by atoms with E-state index >= 15 is 0 Å². The minimum atomic E-state index is -0.921. The van der Waals surface area contributed by atoms with Crippen LogP contribution in [-0.2, 0) is 0 Å². The third-order valence-electron chi connectivity index (χ3n) is 1.46. The standard InChI is InChI=1S/C9H5ClFNO2/c10-6-2-4-7-3-1-5-8(9(7)11)12(13)14/h1,3,5H,6H2. The van der Waals surface area contributed by atoms with E-state index in [1.54, 1.807) is 0 Å². The second kappa shape index (κ2) is 4.58. The highest BCUT2D eigenvalue weighted by atomic mass is 35.5. The fourth-order valence-corrected chi connectivity index (χ4v) is 0.953. The van der Waals surface area contributed by atoms with Crippen molar-refractivity contribution in [3.63, 3.8) is 0 Å². The fourth-order valence-electron chi connectivity index (χ4n) is 0.886. The third-order valence-corrected chi connectivity index (χ3v) is 1.60. The van der Waals surface area contributed by atoms with Crippen LogP contribution in [0.4, 0.5) is 10.1 Å². The minimum absolute atomic E-state index is 0.0140. The van der Waals surface area contributed by atoms with Crippen LogP contribution in [0.15, 0.2) is 18.2 Å². The number of hydrogen-bond donors (Lipinski definition) is 0. The SMILES string of the molecule is O=[N+]([O-])c1cccc(C#CCCl)c1F. The van der Waals surface area contributed by atoms with E-state index in [-0.39, 0.29) is 11.4 Å². The molecule has 0 spiro atoms. The largest absolute Gasteiger partial charge is 0.306 e. The lowest BCUT2D eigenvalue weighted by Crippen LogP contribution is -1.94. The number of hydrogen-bond acceptors (Lipinski definition) is 2. The highest BCUT2D eigenvalue weighted by molar-refractivity contribution is 6.19. The Morgan fingerprint density at radius 3 is 2.86 bits per heavy atom. The molecular weight excluding hydrogens is 209 g/mol. The molecule has 0 radical (unpaired) electrons. The molecule has 0 saturated carbocycles. The Morgan fingerprint density at radius 2 is 2.29 bits per heavy atom. The second-order valence-corrected chi connectivity index (χ2v) is 2.60. The summed E-state index contributed by atoms with van der Waals surface area (Å²) in [6.07, 6.45) is 0. The molecule has 14 heavy (non-hydrogen) atoms. The minimum Gasteiger partial charge on any atom is -0.258 e. The molecule has 0 N–H and O–H groups in total. The first-order valence-electron chi connectivity index (χ1n) is 3.64. The van der Waals surface area contributed by atoms with E-state index in [1.165, 1.54) is 12.1 Å². The molecule has 0 aliphatic heterocycles. The van der Waals surface area contributed by atoms with Gasteiger partial charge in [0.1, 0.15) is 0 Å². The van der Waals surface area contributed by atoms with Crippen LogP contribution >= 0.6 is 11.6 Å². The van der Waals surface area contributed by atoms with Gasteiger partial charge in [-0.25, -0.2) is 0 Å². The molecule has 0 bridgehead atoms. The topological polar surface area (TPSA) is 43.1 Å². The summed E-state index contributed by atoms with van der Waals surface area (Å²) < 4.78 is 13.3. The molecule has 1 aromatic rings. The maximum Gasteiger partial charge on any atom is 0.306 e. The van der Waals surface area contributed by atoms with Crippen molar-refractivity contribution < 1.29 is 9.31 Å². The van der Waals surface area contributed by atoms with Gasteiger partial charge in [0.25, 0.3) is 0 Å². The summed E-state index contributed by atoms with van der Waals surface area (Å²) in [4.78, 5) is 9.55. The van der Waals surface area contributed by atoms with Gasteiger partial charge in [-0.3, -0.25) is 10.1 Å². The Balaban J connectivity index is 3.20. The average Bonchev–Trinajstić information content (AvgIpc) is 2.16. The summed E-state index contributed by atoms with van der Waals surface area (Å²) >= 11 is 5.28. The maximum absolute atomic E-state index is 13.3. The number of nitro benzene ring substituents is 1. The van der Waals surface area contributed by atoms with Crippen LogP contribution < -0.4 is 0 Å². The smallest absolute Gasteiger partial charge is 0.258 e. The summed E-state index contributed by atoms with van der Waals surface area (Å²) in [7, 11) is 0. The normalized spacial score (nSPS) is 9.00. The number of halogens is 2. The fraction of sp³-hybridized carbons (Fsp3) is 0.111. The first-order chi connectivity index (χ1) is 6.66. The molecule has 0 aliphatic rings. The molecule has 72 valence electrons. The number of benzene rings is 1. The van der Waals surface area contributed by atoms with E-state index < -0.39 is 16.4 Å². The van der Waals surface area contributed by atoms with Crippen LogP contribution in [0.3, 0.4) is 0 Å². The quantitative estimate of drug-likeness (QED) is 0.311. The van der Waals surface area contributed by atoms with E-state index in [4.69, 9.17) is 11.6 Å². The molecular formula is C9H5ClFNO2. The molecule has 0 amide bonds. The van der Waals surface area contributed by atoms with E-state index in [0.717, 1.165) is 6.07 Å². The molecule has 0 atom stereocenters. The Kier molecular flexibility index (Phi) is 3.43. The lowest BCUT2D eigenvalue weighted by molar-refractivity contribution is -0.387. The van der Waals surface area contributed by atoms with Crippen molar-refractivity contribution in [2.24, 2.45) is 0 Å². The Hall–Kier alpha value is -1.60. The first-order valence-corrected chi connectivity index (χ1v) is 4.18. The Bertz CT molecular complexity index is 423. The summed E-state index contributed by atoms with van der Waals surface area (Å²) in [6, 6.07) is 3.82. The van der Waals surface area contributed by atoms with Gasteiger partial charge < -0.3 is 0 Å². The third kappa shape index (κ3) is 2.21. The lowest BCUT2D eigenvalue weighted by atomic mass is 10.2. The van der Waals surface area contributed by atoms with Crippen molar-refractivity contribution >= 4 is 17.3 Å². The molecule has 1 aromatic carbocycles. The molecule has 0 heterocycles. The molecule has 1 rings (SSSR count). The van der Waals surface area contributed by atoms with Crippen molar-refractivity contribution in [3.8, 4) is 11.8 Å². The van der Waals surface area contributed by atoms with Crippen LogP contribution in [-0.4, -0.2) is 10.8 Å². The van der Waals surface area contributed by atoms with Crippen LogP contribution in [0.2, 0.25) is 0 Å². The van der Waals surface area contributed by atoms with Gasteiger partial charge >= 0.3 is 5.69 Å². The van der Waals surface area contributed by atoms with Gasteiger partial charge in [-0.05, 0) is 6.07 Å². The van der Waals surface area contributed by atoms with Crippen LogP contribution in [0, 0.1) is 27.8 Å². The van der Waals surface area contributed by atoms with Crippen molar-refractivity contribution in [2.45, 2.75) is 0 Å². The highest BCUT2D eigenvalue weighted by Crippen LogP contribution is 2.19. The molecule has 0 saturated heterocycles. The van der Waals surface area contributed by atoms with Gasteiger partial charge in [-0.2, -0.15) is 4.39 Å². The van der Waals surface area contributed by atoms with Crippen molar-refractivity contribution in [1.82, 2.24) is 0 Å². The second-order valence-electron chi connectivity index (χ2n) is 2.33. The van der Waals surface area contributed by atoms with Gasteiger partial charge in [-0.15, -0.1) is 11.6 Å². The van der Waals surface area contributed by atoms with E-state index in [9.17, 15) is 14.5 Å². The molecule has 0 unspecified atom stereocenters. The van der Waals surface area contributed by atoms with Gasteiger partial charge in [0, 0.05) is 6.07 Å². The molecule has 5 heteroatoms. The Labute approximate surface area is 84.6 Å². The van der Waals surface area contributed by atoms with Gasteiger partial charge in [0.15, 0.2) is 0 Å². The first kappa shape index (κ1) is 10.5. The van der Waals surface area contributed by atoms with E-state index in [0.29, 0.717) is 0 Å². The van der Waals surface area contributed by atoms with Crippen molar-refractivity contribution in [2.75, 3.05) is 5.88 Å². The lowest BCUT2D eigenvalue weighted by Gasteiger charge is -1.95. The molecule has 3 nitrogen and oxygen atoms in total. The highest BCUT2D eigenvalue weighted by Gasteiger charge is 2.15. The van der Waals surface area contributed by atoms with Crippen LogP contribution in [0.25, 0.3) is 0 Å². The zero-order valence-corrected chi connectivity index (χ0v) is 7.71. The zero-order valence-electron chi connectivity index (χ0n) is 6.96. The molecule has 0 fully saturated rings. The van der Waals surface area contributed by atoms with Crippen molar-refractivity contribution in [1.29, 1.82) is 0 Å². The van der Waals surface area contributed by atoms with Gasteiger partial charge in [0.2, 0.25) is 5.82 Å². The Morgan fingerprint density at radius 1 is 1.57 bits per heavy atom. The van der Waals surface area contributed by atoms with Gasteiger partial charge in [-0.1, -0.05) is 17.9 Å². The number of rotatable bonds is 1. The monoisotopic (exact) mass is 213 g/mol. The summed E-state index contributed by atoms with van der Waals surface area (Å²) in [5.74, 6) is 3.96. The van der Waals surface area contributed by atoms with Crippen LogP contribution in [0.1, 0.15) is 5.56 Å². The van der Waals surface area contributed by atoms with E-state index in [1.807, 2.05) is 0 Å². The average molecular weight is 214 g/mol. The number of nitro groups is 1. The molecule has 0 aromatic heterocycles. The van der Waals surface area contributed by atoms with Crippen LogP contribution in [0.5, 0.6) is 0 Å². The summed E-state index contributed by atoms with van der Waals surface area (Å²) in [5.41, 5.74) is -0.591. The number of alkyl halides is 1. The number of nitrogens with zero attached hydrogens (tertiary/aromatic N) is 1. The van der Waals surface area contributed by atoms with Crippen molar-refractivity contribution in [3.05, 3.63) is 39.7 Å².